The molecule has 1 fully saturated rings. The summed E-state index contributed by atoms with van der Waals surface area (Å²) in [6.45, 7) is 1.71. The molecule has 1 saturated heterocycles. The van der Waals surface area contributed by atoms with Crippen molar-refractivity contribution in [2.24, 2.45) is 0 Å². The van der Waals surface area contributed by atoms with Gasteiger partial charge in [-0.05, 0) is 62.1 Å². The number of anilines is 1. The molecule has 0 amide bonds. The number of hydrogen-bond donors (Lipinski definition) is 2. The van der Waals surface area contributed by atoms with Gasteiger partial charge in [-0.3, -0.25) is 4.98 Å². The molecule has 12 heteroatoms. The van der Waals surface area contributed by atoms with Gasteiger partial charge in [-0.15, -0.1) is 0 Å². The van der Waals surface area contributed by atoms with E-state index in [2.05, 4.69) is 25.0 Å². The Morgan fingerprint density at radius 2 is 1.94 bits per heavy atom. The molecule has 3 aromatic rings. The number of ether oxygens (including phenoxy) is 2. The van der Waals surface area contributed by atoms with Crippen LogP contribution in [0.15, 0.2) is 48.8 Å². The van der Waals surface area contributed by atoms with Crippen molar-refractivity contribution < 1.29 is 27.0 Å². The minimum atomic E-state index is -4.37. The SMILES string of the molecule is Fc1ccc(OC2CCNCC2)nc1-c1cnc(OCc2ccccn2)c(NSCC(F)(F)F)c1. The van der Waals surface area contributed by atoms with Gasteiger partial charge in [-0.2, -0.15) is 13.2 Å². The Balaban J connectivity index is 1.56. The zero-order valence-electron chi connectivity index (χ0n) is 18.5. The van der Waals surface area contributed by atoms with Crippen molar-refractivity contribution in [1.82, 2.24) is 20.3 Å². The molecule has 0 atom stereocenters. The number of aromatic nitrogens is 3. The molecule has 1 aliphatic rings. The quantitative estimate of drug-likeness (QED) is 0.308. The van der Waals surface area contributed by atoms with Crippen molar-refractivity contribution in [2.75, 3.05) is 23.6 Å². The Kier molecular flexibility index (Phi) is 8.24. The summed E-state index contributed by atoms with van der Waals surface area (Å²) in [5.74, 6) is -1.43. The molecule has 0 saturated carbocycles. The third-order valence-electron chi connectivity index (χ3n) is 5.02. The monoisotopic (exact) mass is 509 g/mol. The average molecular weight is 510 g/mol. The van der Waals surface area contributed by atoms with E-state index in [1.807, 2.05) is 0 Å². The van der Waals surface area contributed by atoms with E-state index in [1.165, 1.54) is 24.4 Å². The fourth-order valence-corrected chi connectivity index (χ4v) is 3.91. The topological polar surface area (TPSA) is 81.2 Å². The van der Waals surface area contributed by atoms with Gasteiger partial charge in [0.25, 0.3) is 0 Å². The van der Waals surface area contributed by atoms with E-state index in [0.29, 0.717) is 17.6 Å². The summed E-state index contributed by atoms with van der Waals surface area (Å²) in [4.78, 5) is 12.7. The van der Waals surface area contributed by atoms with Gasteiger partial charge in [0.2, 0.25) is 11.8 Å². The summed E-state index contributed by atoms with van der Waals surface area (Å²) in [6, 6.07) is 9.43. The Hall–Kier alpha value is -3.12. The van der Waals surface area contributed by atoms with Crippen LogP contribution < -0.4 is 19.5 Å². The van der Waals surface area contributed by atoms with Gasteiger partial charge in [0.05, 0.1) is 5.69 Å². The van der Waals surface area contributed by atoms with Gasteiger partial charge < -0.3 is 19.5 Å². The number of piperidine rings is 1. The van der Waals surface area contributed by atoms with Gasteiger partial charge in [-0.1, -0.05) is 6.07 Å². The molecule has 0 aromatic carbocycles. The van der Waals surface area contributed by atoms with Gasteiger partial charge in [0.1, 0.15) is 35.7 Å². The molecule has 1 aliphatic heterocycles. The summed E-state index contributed by atoms with van der Waals surface area (Å²) >= 11 is 0.428. The predicted molar refractivity (Wildman–Crippen MR) is 125 cm³/mol. The van der Waals surface area contributed by atoms with Crippen molar-refractivity contribution in [1.29, 1.82) is 0 Å². The first kappa shape index (κ1) is 25.0. The molecule has 3 aromatic heterocycles. The van der Waals surface area contributed by atoms with Crippen molar-refractivity contribution in [2.45, 2.75) is 31.7 Å². The Bertz CT molecular complexity index is 1110. The second-order valence-corrected chi connectivity index (χ2v) is 8.52. The lowest BCUT2D eigenvalue weighted by molar-refractivity contribution is -0.105. The Morgan fingerprint density at radius 1 is 1.11 bits per heavy atom. The highest BCUT2D eigenvalue weighted by molar-refractivity contribution is 8.00. The number of pyridine rings is 3. The number of alkyl halides is 3. The van der Waals surface area contributed by atoms with Crippen LogP contribution in [0.1, 0.15) is 18.5 Å². The van der Waals surface area contributed by atoms with E-state index in [1.54, 1.807) is 24.4 Å². The van der Waals surface area contributed by atoms with Crippen LogP contribution in [-0.2, 0) is 6.61 Å². The zero-order valence-corrected chi connectivity index (χ0v) is 19.3. The number of nitrogens with one attached hydrogen (secondary N) is 2. The largest absolute Gasteiger partial charge is 0.474 e. The average Bonchev–Trinajstić information content (AvgIpc) is 2.85. The molecule has 0 bridgehead atoms. The standard InChI is InChI=1S/C23H23F4N5O2S/c24-18-4-5-20(34-17-6-9-28-10-7-17)31-21(18)15-11-19(32-35-14-23(25,26)27)22(30-12-15)33-13-16-3-1-2-8-29-16/h1-5,8,11-12,17,28,32H,6-7,9-10,13-14H2. The van der Waals surface area contributed by atoms with Crippen LogP contribution in [0.25, 0.3) is 11.3 Å². The maximum Gasteiger partial charge on any atom is 0.399 e. The van der Waals surface area contributed by atoms with Crippen molar-refractivity contribution >= 4 is 17.6 Å². The van der Waals surface area contributed by atoms with E-state index in [-0.39, 0.29) is 41.4 Å². The van der Waals surface area contributed by atoms with Crippen molar-refractivity contribution in [3.8, 4) is 23.0 Å². The second-order valence-electron chi connectivity index (χ2n) is 7.74. The van der Waals surface area contributed by atoms with E-state index < -0.39 is 17.7 Å². The molecule has 4 heterocycles. The number of hydrogen-bond acceptors (Lipinski definition) is 8. The minimum Gasteiger partial charge on any atom is -0.474 e. The van der Waals surface area contributed by atoms with E-state index in [4.69, 9.17) is 9.47 Å². The molecule has 4 rings (SSSR count). The van der Waals surface area contributed by atoms with E-state index in [9.17, 15) is 17.6 Å². The third kappa shape index (κ3) is 7.43. The van der Waals surface area contributed by atoms with Crippen LogP contribution in [0.3, 0.4) is 0 Å². The highest BCUT2D eigenvalue weighted by Gasteiger charge is 2.27. The highest BCUT2D eigenvalue weighted by atomic mass is 32.2. The predicted octanol–water partition coefficient (Wildman–Crippen LogP) is 5.01. The molecule has 35 heavy (non-hydrogen) atoms. The molecule has 2 N–H and O–H groups in total. The van der Waals surface area contributed by atoms with Crippen LogP contribution in [0.5, 0.6) is 11.8 Å². The molecule has 186 valence electrons. The molecular formula is C23H23F4N5O2S. The Labute approximate surface area is 203 Å². The van der Waals surface area contributed by atoms with Crippen molar-refractivity contribution in [3.05, 3.63) is 60.3 Å². The fraction of sp³-hybridized carbons (Fsp3) is 0.348. The first-order valence-corrected chi connectivity index (χ1v) is 11.9. The van der Waals surface area contributed by atoms with Crippen LogP contribution in [0, 0.1) is 5.82 Å². The lowest BCUT2D eigenvalue weighted by atomic mass is 10.1. The van der Waals surface area contributed by atoms with Crippen molar-refractivity contribution in [3.63, 3.8) is 0 Å². The lowest BCUT2D eigenvalue weighted by Crippen LogP contribution is -2.34. The maximum absolute atomic E-state index is 14.7. The van der Waals surface area contributed by atoms with Crippen LogP contribution >= 0.6 is 11.9 Å². The molecule has 0 aliphatic carbocycles. The highest BCUT2D eigenvalue weighted by Crippen LogP contribution is 2.33. The van der Waals surface area contributed by atoms with Crippen LogP contribution in [0.2, 0.25) is 0 Å². The normalized spacial score (nSPS) is 14.5. The number of halogens is 4. The first-order chi connectivity index (χ1) is 16.9. The summed E-state index contributed by atoms with van der Waals surface area (Å²) in [5, 5.41) is 3.24. The second kappa shape index (κ2) is 11.5. The lowest BCUT2D eigenvalue weighted by Gasteiger charge is -2.23. The van der Waals surface area contributed by atoms with E-state index >= 15 is 0 Å². The number of nitrogens with zero attached hydrogens (tertiary/aromatic N) is 3. The number of rotatable bonds is 9. The minimum absolute atomic E-state index is 0.0240. The zero-order chi connectivity index (χ0) is 24.7. The Morgan fingerprint density at radius 3 is 2.69 bits per heavy atom. The molecule has 0 unspecified atom stereocenters. The molecule has 0 spiro atoms. The molecule has 0 radical (unpaired) electrons. The van der Waals surface area contributed by atoms with Gasteiger partial charge in [0.15, 0.2) is 0 Å². The summed E-state index contributed by atoms with van der Waals surface area (Å²) in [7, 11) is 0. The third-order valence-corrected chi connectivity index (χ3v) is 5.86. The van der Waals surface area contributed by atoms with E-state index in [0.717, 1.165) is 25.9 Å². The molecule has 7 nitrogen and oxygen atoms in total. The smallest absolute Gasteiger partial charge is 0.399 e. The van der Waals surface area contributed by atoms with Gasteiger partial charge in [0, 0.05) is 24.0 Å². The fourth-order valence-electron chi connectivity index (χ4n) is 3.37. The summed E-state index contributed by atoms with van der Waals surface area (Å²) in [6.07, 6.45) is 0.170. The summed E-state index contributed by atoms with van der Waals surface area (Å²) in [5.41, 5.74) is 1.00. The van der Waals surface area contributed by atoms with Gasteiger partial charge in [-0.25, -0.2) is 14.4 Å². The van der Waals surface area contributed by atoms with Crippen LogP contribution in [0.4, 0.5) is 23.2 Å². The maximum atomic E-state index is 14.7. The summed E-state index contributed by atoms with van der Waals surface area (Å²) < 4.78 is 66.9. The van der Waals surface area contributed by atoms with Gasteiger partial charge >= 0.3 is 6.18 Å². The van der Waals surface area contributed by atoms with Crippen LogP contribution in [-0.4, -0.2) is 46.1 Å². The molecular weight excluding hydrogens is 486 g/mol. The first-order valence-electron chi connectivity index (χ1n) is 10.9.